The van der Waals surface area contributed by atoms with Gasteiger partial charge in [0.1, 0.15) is 16.7 Å². The van der Waals surface area contributed by atoms with E-state index in [1.54, 1.807) is 0 Å². The predicted molar refractivity (Wildman–Crippen MR) is 292 cm³/mol. The number of hydrogen-bond donors (Lipinski definition) is 0. The van der Waals surface area contributed by atoms with Crippen LogP contribution in [0.2, 0.25) is 0 Å². The highest BCUT2D eigenvalue weighted by Crippen LogP contribution is 2.55. The summed E-state index contributed by atoms with van der Waals surface area (Å²) in [6, 6.07) is 54.7. The highest BCUT2D eigenvalue weighted by molar-refractivity contribution is 7.00. The monoisotopic (exact) mass is 895 g/mol. The van der Waals surface area contributed by atoms with Crippen molar-refractivity contribution in [3.8, 4) is 16.8 Å². The highest BCUT2D eigenvalue weighted by Gasteiger charge is 2.50. The zero-order valence-corrected chi connectivity index (χ0v) is 41.1. The fraction of sp³-hybridized carbons (Fsp3) is 0.206. The van der Waals surface area contributed by atoms with Crippen LogP contribution in [0.4, 0.5) is 34.1 Å². The largest absolute Gasteiger partial charge is 0.468 e. The van der Waals surface area contributed by atoms with Crippen LogP contribution in [0, 0.1) is 6.92 Å². The number of aromatic nitrogens is 1. The van der Waals surface area contributed by atoms with E-state index in [9.17, 15) is 0 Å². The first-order valence-corrected chi connectivity index (χ1v) is 24.6. The molecule has 0 atom stereocenters. The smallest absolute Gasteiger partial charge is 0.297 e. The number of benzene rings is 8. The number of nitrogens with zero attached hydrogens (tertiary/aromatic N) is 3. The molecule has 3 aromatic heterocycles. The molecular formula is C63H54BN3O2. The molecule has 0 unspecified atom stereocenters. The van der Waals surface area contributed by atoms with Crippen LogP contribution in [0.1, 0.15) is 84.6 Å². The first kappa shape index (κ1) is 40.6. The van der Waals surface area contributed by atoms with Crippen LogP contribution < -0.4 is 26.4 Å². The highest BCUT2D eigenvalue weighted by atomic mass is 16.3. The van der Waals surface area contributed by atoms with Gasteiger partial charge >= 0.3 is 0 Å². The predicted octanol–water partition coefficient (Wildman–Crippen LogP) is 15.7. The molecule has 0 radical (unpaired) electrons. The Kier molecular flexibility index (Phi) is 7.90. The summed E-state index contributed by atoms with van der Waals surface area (Å²) in [6.07, 6.45) is 0. The Balaban J connectivity index is 1.15. The van der Waals surface area contributed by atoms with Gasteiger partial charge < -0.3 is 23.2 Å². The number of fused-ring (bicyclic) bond motifs is 14. The zero-order chi connectivity index (χ0) is 47.2. The lowest BCUT2D eigenvalue weighted by atomic mass is 9.35. The van der Waals surface area contributed by atoms with E-state index >= 15 is 0 Å². The van der Waals surface area contributed by atoms with E-state index in [1.807, 2.05) is 6.07 Å². The molecule has 0 aliphatic carbocycles. The van der Waals surface area contributed by atoms with Gasteiger partial charge in [0.2, 0.25) is 0 Å². The second-order valence-corrected chi connectivity index (χ2v) is 23.1. The van der Waals surface area contributed by atoms with Crippen molar-refractivity contribution < 1.29 is 8.83 Å². The molecule has 0 fully saturated rings. The van der Waals surface area contributed by atoms with Gasteiger partial charge in [0.25, 0.3) is 6.71 Å². The Bertz CT molecular complexity index is 4050. The third-order valence-corrected chi connectivity index (χ3v) is 15.5. The van der Waals surface area contributed by atoms with E-state index < -0.39 is 0 Å². The molecule has 6 heterocycles. The molecular weight excluding hydrogens is 842 g/mol. The molecule has 336 valence electrons. The van der Waals surface area contributed by atoms with Crippen LogP contribution in [0.25, 0.3) is 71.5 Å². The third kappa shape index (κ3) is 5.60. The summed E-state index contributed by atoms with van der Waals surface area (Å²) in [6.45, 7) is 23.2. The van der Waals surface area contributed by atoms with Crippen molar-refractivity contribution in [1.82, 2.24) is 4.57 Å². The fourth-order valence-corrected chi connectivity index (χ4v) is 12.0. The van der Waals surface area contributed by atoms with Crippen LogP contribution in [-0.4, -0.2) is 11.3 Å². The van der Waals surface area contributed by atoms with Crippen LogP contribution in [-0.2, 0) is 16.2 Å². The lowest BCUT2D eigenvalue weighted by molar-refractivity contribution is 0.590. The van der Waals surface area contributed by atoms with E-state index in [2.05, 4.69) is 223 Å². The van der Waals surface area contributed by atoms with Gasteiger partial charge in [-0.05, 0) is 146 Å². The minimum Gasteiger partial charge on any atom is -0.468 e. The summed E-state index contributed by atoms with van der Waals surface area (Å²) in [5, 5.41) is 5.89. The lowest BCUT2D eigenvalue weighted by Gasteiger charge is -2.45. The van der Waals surface area contributed by atoms with Crippen LogP contribution >= 0.6 is 0 Å². The van der Waals surface area contributed by atoms with Gasteiger partial charge in [0, 0.05) is 44.0 Å². The van der Waals surface area contributed by atoms with Gasteiger partial charge in [0.05, 0.1) is 39.4 Å². The van der Waals surface area contributed by atoms with Crippen molar-refractivity contribution in [2.75, 3.05) is 9.80 Å². The molecule has 0 saturated carbocycles. The Labute approximate surface area is 403 Å². The van der Waals surface area contributed by atoms with Gasteiger partial charge in [-0.3, -0.25) is 0 Å². The number of hydrogen-bond acceptors (Lipinski definition) is 4. The average molecular weight is 896 g/mol. The normalized spacial score (nSPS) is 14.1. The zero-order valence-electron chi connectivity index (χ0n) is 41.1. The number of rotatable bonds is 2. The van der Waals surface area contributed by atoms with Gasteiger partial charge in [-0.15, -0.1) is 0 Å². The van der Waals surface area contributed by atoms with Crippen LogP contribution in [0.5, 0.6) is 0 Å². The molecule has 69 heavy (non-hydrogen) atoms. The summed E-state index contributed by atoms with van der Waals surface area (Å²) in [5.41, 5.74) is 24.0. The maximum Gasteiger partial charge on any atom is 0.297 e. The number of para-hydroxylation sites is 1. The van der Waals surface area contributed by atoms with E-state index in [-0.39, 0.29) is 23.0 Å². The van der Waals surface area contributed by atoms with E-state index in [1.165, 1.54) is 89.0 Å². The average Bonchev–Trinajstić information content (AvgIpc) is 3.99. The topological polar surface area (TPSA) is 37.7 Å². The Hall–Kier alpha value is -7.44. The summed E-state index contributed by atoms with van der Waals surface area (Å²) in [5.74, 6) is 0. The van der Waals surface area contributed by atoms with E-state index in [0.717, 1.165) is 55.5 Å². The van der Waals surface area contributed by atoms with Gasteiger partial charge in [-0.1, -0.05) is 129 Å². The summed E-state index contributed by atoms with van der Waals surface area (Å²) in [7, 11) is 0. The number of aryl methyl sites for hydroxylation is 1. The first-order chi connectivity index (χ1) is 33.0. The van der Waals surface area contributed by atoms with Crippen molar-refractivity contribution in [2.45, 2.75) is 85.5 Å². The second-order valence-electron chi connectivity index (χ2n) is 23.1. The molecule has 0 saturated heterocycles. The maximum absolute atomic E-state index is 7.47. The SMILES string of the molecule is Cc1cc2c3c(c1)N1c4c(cc(C(C)(C)C)cc4-n4c5ccc(C(C)(C)C)cc5c5cc(C(C)(C)C)cc1c54)B3c1oc3ccc(-c4ccccc4)cc3c1N2c1ccc2oc3ccccc3c2c1. The summed E-state index contributed by atoms with van der Waals surface area (Å²) in [4.78, 5) is 5.15. The molecule has 3 aliphatic heterocycles. The van der Waals surface area contributed by atoms with Crippen molar-refractivity contribution in [3.05, 3.63) is 168 Å². The number of anilines is 6. The third-order valence-electron chi connectivity index (χ3n) is 15.5. The van der Waals surface area contributed by atoms with Crippen molar-refractivity contribution >= 4 is 112 Å². The lowest BCUT2D eigenvalue weighted by Crippen LogP contribution is -2.61. The van der Waals surface area contributed by atoms with E-state index in [4.69, 9.17) is 8.83 Å². The molecule has 3 aliphatic rings. The van der Waals surface area contributed by atoms with Crippen LogP contribution in [0.3, 0.4) is 0 Å². The molecule has 0 N–H and O–H groups in total. The van der Waals surface area contributed by atoms with Crippen molar-refractivity contribution in [3.63, 3.8) is 0 Å². The molecule has 6 heteroatoms. The van der Waals surface area contributed by atoms with Gasteiger partial charge in [-0.25, -0.2) is 0 Å². The molecule has 11 aromatic rings. The quantitative estimate of drug-likeness (QED) is 0.162. The Morgan fingerprint density at radius 1 is 0.435 bits per heavy atom. The van der Waals surface area contributed by atoms with Crippen molar-refractivity contribution in [2.24, 2.45) is 0 Å². The second kappa shape index (κ2) is 13.4. The summed E-state index contributed by atoms with van der Waals surface area (Å²) >= 11 is 0. The van der Waals surface area contributed by atoms with Crippen molar-refractivity contribution in [1.29, 1.82) is 0 Å². The maximum atomic E-state index is 7.47. The minimum absolute atomic E-state index is 0.00466. The molecule has 8 aromatic carbocycles. The Morgan fingerprint density at radius 2 is 1.09 bits per heavy atom. The molecule has 5 nitrogen and oxygen atoms in total. The molecule has 0 spiro atoms. The fourth-order valence-electron chi connectivity index (χ4n) is 12.0. The first-order valence-electron chi connectivity index (χ1n) is 24.6. The molecule has 0 amide bonds. The van der Waals surface area contributed by atoms with E-state index in [0.29, 0.717) is 0 Å². The van der Waals surface area contributed by atoms with Crippen LogP contribution in [0.15, 0.2) is 154 Å². The Morgan fingerprint density at radius 3 is 1.86 bits per heavy atom. The minimum atomic E-state index is -0.197. The van der Waals surface area contributed by atoms with Gasteiger partial charge in [-0.2, -0.15) is 0 Å². The summed E-state index contributed by atoms with van der Waals surface area (Å²) < 4.78 is 16.5. The standard InChI is InChI=1S/C63H54BN3O2/c1-35-26-49-56-50(27-35)67-51-32-39(62(5,6)7)30-45-43-29-38(61(2,3)4)21-23-48(43)66(57(45)51)52-33-40(63(8,9)10)31-47(59(52)67)64(56)60-58(46-28-37(20-24-55(46)69-60)36-16-12-11-13-17-36)65(49)41-22-25-54-44(34-41)42-18-14-15-19-53(42)68-54/h11-34H,1-10H3. The number of furan rings is 2. The molecule has 0 bridgehead atoms. The molecule has 14 rings (SSSR count). The van der Waals surface area contributed by atoms with Gasteiger partial charge in [0.15, 0.2) is 0 Å².